The zero-order valence-corrected chi connectivity index (χ0v) is 15.2. The Hall–Kier alpha value is -3.36. The summed E-state index contributed by atoms with van der Waals surface area (Å²) in [7, 11) is -3.79. The molecule has 3 aromatic rings. The Labute approximate surface area is 158 Å². The van der Waals surface area contributed by atoms with Gasteiger partial charge in [-0.1, -0.05) is 54.6 Å². The van der Waals surface area contributed by atoms with E-state index in [1.165, 1.54) is 12.1 Å². The van der Waals surface area contributed by atoms with E-state index in [9.17, 15) is 8.42 Å². The third kappa shape index (κ3) is 3.35. The molecule has 1 aliphatic carbocycles. The van der Waals surface area contributed by atoms with Gasteiger partial charge in [-0.3, -0.25) is 4.72 Å². The van der Waals surface area contributed by atoms with Crippen LogP contribution in [-0.2, 0) is 16.4 Å². The van der Waals surface area contributed by atoms with Gasteiger partial charge >= 0.3 is 0 Å². The highest BCUT2D eigenvalue weighted by Gasteiger charge is 2.20. The van der Waals surface area contributed by atoms with Crippen molar-refractivity contribution in [2.24, 2.45) is 0 Å². The molecular formula is C22H16N2O2S. The van der Waals surface area contributed by atoms with Crippen molar-refractivity contribution in [1.29, 1.82) is 0 Å². The van der Waals surface area contributed by atoms with Crippen LogP contribution in [0.5, 0.6) is 0 Å². The van der Waals surface area contributed by atoms with Gasteiger partial charge in [-0.2, -0.15) is 0 Å². The van der Waals surface area contributed by atoms with Crippen molar-refractivity contribution < 1.29 is 8.42 Å². The molecule has 4 rings (SSSR count). The molecule has 0 saturated carbocycles. The van der Waals surface area contributed by atoms with Crippen molar-refractivity contribution in [3.63, 3.8) is 0 Å². The van der Waals surface area contributed by atoms with E-state index in [4.69, 9.17) is 6.57 Å². The molecule has 5 heteroatoms. The second kappa shape index (κ2) is 6.75. The van der Waals surface area contributed by atoms with Gasteiger partial charge in [-0.25, -0.2) is 13.3 Å². The Kier molecular flexibility index (Phi) is 4.27. The molecule has 0 amide bonds. The van der Waals surface area contributed by atoms with Gasteiger partial charge in [-0.05, 0) is 52.9 Å². The van der Waals surface area contributed by atoms with Crippen molar-refractivity contribution in [2.75, 3.05) is 4.72 Å². The molecule has 0 atom stereocenters. The molecule has 0 fully saturated rings. The Bertz CT molecular complexity index is 1190. The first-order chi connectivity index (χ1) is 13.1. The van der Waals surface area contributed by atoms with Crippen LogP contribution < -0.4 is 4.72 Å². The van der Waals surface area contributed by atoms with Crippen LogP contribution in [0.25, 0.3) is 22.0 Å². The van der Waals surface area contributed by atoms with Crippen LogP contribution in [0.1, 0.15) is 11.1 Å². The molecule has 0 radical (unpaired) electrons. The average molecular weight is 372 g/mol. The van der Waals surface area contributed by atoms with Gasteiger partial charge in [0.15, 0.2) is 5.69 Å². The number of hydrogen-bond acceptors (Lipinski definition) is 2. The number of rotatable bonds is 4. The Morgan fingerprint density at radius 1 is 0.926 bits per heavy atom. The standard InChI is InChI=1S/C22H16N2O2S/c1-23-19-10-6-11-20(15-19)27(25,26)24-22-14-18(16-7-3-2-4-8-16)13-17-9-5-12-21(17)22/h2-11,13-15,24H,12H2. The lowest BCUT2D eigenvalue weighted by Crippen LogP contribution is -2.14. The largest absolute Gasteiger partial charge is 0.279 e. The number of hydrogen-bond donors (Lipinski definition) is 1. The molecule has 0 spiro atoms. The van der Waals surface area contributed by atoms with Crippen LogP contribution >= 0.6 is 0 Å². The van der Waals surface area contributed by atoms with Crippen molar-refractivity contribution in [1.82, 2.24) is 0 Å². The summed E-state index contributed by atoms with van der Waals surface area (Å²) in [5.74, 6) is 0. The van der Waals surface area contributed by atoms with Gasteiger partial charge in [-0.15, -0.1) is 0 Å². The number of nitrogens with zero attached hydrogens (tertiary/aromatic N) is 1. The van der Waals surface area contributed by atoms with E-state index in [0.29, 0.717) is 17.8 Å². The Morgan fingerprint density at radius 3 is 2.52 bits per heavy atom. The maximum absolute atomic E-state index is 12.9. The first-order valence-corrected chi connectivity index (χ1v) is 9.94. The number of allylic oxidation sites excluding steroid dienone is 1. The summed E-state index contributed by atoms with van der Waals surface area (Å²) in [5, 5.41) is 0. The Morgan fingerprint density at radius 2 is 1.74 bits per heavy atom. The monoisotopic (exact) mass is 372 g/mol. The van der Waals surface area contributed by atoms with Gasteiger partial charge < -0.3 is 0 Å². The van der Waals surface area contributed by atoms with Crippen LogP contribution in [0.15, 0.2) is 77.7 Å². The predicted octanol–water partition coefficient (Wildman–Crippen LogP) is 5.27. The summed E-state index contributed by atoms with van der Waals surface area (Å²) in [6.07, 6.45) is 4.72. The lowest BCUT2D eigenvalue weighted by molar-refractivity contribution is 0.601. The summed E-state index contributed by atoms with van der Waals surface area (Å²) in [5.41, 5.74) is 4.82. The van der Waals surface area contributed by atoms with E-state index in [1.807, 2.05) is 48.6 Å². The molecular weight excluding hydrogens is 356 g/mol. The third-order valence-electron chi connectivity index (χ3n) is 4.51. The second-order valence-corrected chi connectivity index (χ2v) is 7.96. The quantitative estimate of drug-likeness (QED) is 0.634. The molecule has 0 bridgehead atoms. The van der Waals surface area contributed by atoms with Crippen molar-refractivity contribution in [3.8, 4) is 11.1 Å². The molecule has 0 aromatic heterocycles. The number of benzene rings is 3. The van der Waals surface area contributed by atoms with Gasteiger partial charge in [0.05, 0.1) is 17.2 Å². The van der Waals surface area contributed by atoms with Crippen LogP contribution in [0.2, 0.25) is 0 Å². The predicted molar refractivity (Wildman–Crippen MR) is 108 cm³/mol. The first-order valence-electron chi connectivity index (χ1n) is 8.46. The fourth-order valence-electron chi connectivity index (χ4n) is 3.19. The molecule has 0 heterocycles. The minimum atomic E-state index is -3.79. The van der Waals surface area contributed by atoms with Crippen molar-refractivity contribution in [3.05, 3.63) is 95.4 Å². The fraction of sp³-hybridized carbons (Fsp3) is 0.0455. The number of fused-ring (bicyclic) bond motifs is 1. The topological polar surface area (TPSA) is 50.5 Å². The van der Waals surface area contributed by atoms with Gasteiger partial charge in [0, 0.05) is 0 Å². The summed E-state index contributed by atoms with van der Waals surface area (Å²) >= 11 is 0. The maximum Gasteiger partial charge on any atom is 0.260 e. The molecule has 4 nitrogen and oxygen atoms in total. The molecule has 1 N–H and O–H groups in total. The van der Waals surface area contributed by atoms with Crippen LogP contribution in [0, 0.1) is 6.57 Å². The van der Waals surface area contributed by atoms with E-state index in [0.717, 1.165) is 22.3 Å². The van der Waals surface area contributed by atoms with Crippen LogP contribution in [0.3, 0.4) is 0 Å². The van der Waals surface area contributed by atoms with Gasteiger partial charge in [0.25, 0.3) is 10.0 Å². The van der Waals surface area contributed by atoms with Crippen molar-refractivity contribution in [2.45, 2.75) is 11.3 Å². The SMILES string of the molecule is [C-]#[N+]c1cccc(S(=O)(=O)Nc2cc(-c3ccccc3)cc3c2CC=C3)c1. The third-order valence-corrected chi connectivity index (χ3v) is 5.88. The highest BCUT2D eigenvalue weighted by molar-refractivity contribution is 7.92. The van der Waals surface area contributed by atoms with E-state index in [1.54, 1.807) is 12.1 Å². The van der Waals surface area contributed by atoms with E-state index in [-0.39, 0.29) is 4.90 Å². The molecule has 0 saturated heterocycles. The zero-order valence-electron chi connectivity index (χ0n) is 14.4. The normalized spacial score (nSPS) is 12.4. The Balaban J connectivity index is 1.78. The summed E-state index contributed by atoms with van der Waals surface area (Å²) < 4.78 is 28.5. The second-order valence-electron chi connectivity index (χ2n) is 6.28. The first kappa shape index (κ1) is 17.1. The molecule has 0 aliphatic heterocycles. The fourth-order valence-corrected chi connectivity index (χ4v) is 4.31. The van der Waals surface area contributed by atoms with E-state index >= 15 is 0 Å². The molecule has 27 heavy (non-hydrogen) atoms. The molecule has 3 aromatic carbocycles. The lowest BCUT2D eigenvalue weighted by Gasteiger charge is -2.15. The number of nitrogens with one attached hydrogen (secondary N) is 1. The van der Waals surface area contributed by atoms with Crippen LogP contribution in [-0.4, -0.2) is 8.42 Å². The zero-order chi connectivity index (χ0) is 18.9. The van der Waals surface area contributed by atoms with E-state index in [2.05, 4.69) is 15.6 Å². The minimum Gasteiger partial charge on any atom is -0.279 e. The summed E-state index contributed by atoms with van der Waals surface area (Å²) in [6.45, 7) is 7.09. The maximum atomic E-state index is 12.9. The van der Waals surface area contributed by atoms with E-state index < -0.39 is 10.0 Å². The van der Waals surface area contributed by atoms with Gasteiger partial charge in [0.1, 0.15) is 0 Å². The highest BCUT2D eigenvalue weighted by atomic mass is 32.2. The molecule has 0 unspecified atom stereocenters. The summed E-state index contributed by atoms with van der Waals surface area (Å²) in [4.78, 5) is 3.40. The van der Waals surface area contributed by atoms with Crippen LogP contribution in [0.4, 0.5) is 11.4 Å². The number of anilines is 1. The highest BCUT2D eigenvalue weighted by Crippen LogP contribution is 2.34. The molecule has 132 valence electrons. The van der Waals surface area contributed by atoms with Gasteiger partial charge in [0.2, 0.25) is 0 Å². The smallest absolute Gasteiger partial charge is 0.260 e. The average Bonchev–Trinajstić information content (AvgIpc) is 3.17. The molecule has 1 aliphatic rings. The summed E-state index contributed by atoms with van der Waals surface area (Å²) in [6, 6.07) is 19.9. The number of sulfonamides is 1. The lowest BCUT2D eigenvalue weighted by atomic mass is 9.99. The minimum absolute atomic E-state index is 0.0841. The van der Waals surface area contributed by atoms with Crippen molar-refractivity contribution >= 4 is 27.5 Å².